The highest BCUT2D eigenvalue weighted by Gasteiger charge is 2.55. The van der Waals surface area contributed by atoms with Gasteiger partial charge < -0.3 is 9.47 Å². The fourth-order valence-electron chi connectivity index (χ4n) is 4.53. The van der Waals surface area contributed by atoms with Gasteiger partial charge in [0.2, 0.25) is 0 Å². The molecule has 2 heterocycles. The van der Waals surface area contributed by atoms with E-state index in [1.807, 2.05) is 0 Å². The van der Waals surface area contributed by atoms with E-state index in [-0.39, 0.29) is 16.5 Å². The van der Waals surface area contributed by atoms with Gasteiger partial charge in [-0.2, -0.15) is 0 Å². The van der Waals surface area contributed by atoms with Crippen LogP contribution in [0.3, 0.4) is 0 Å². The number of rotatable bonds is 2. The highest BCUT2D eigenvalue weighted by Crippen LogP contribution is 2.48. The summed E-state index contributed by atoms with van der Waals surface area (Å²) >= 11 is 0. The minimum Gasteiger partial charge on any atom is -0.349 e. The molecule has 1 spiro atoms. The second kappa shape index (κ2) is 5.82. The van der Waals surface area contributed by atoms with Crippen LogP contribution < -0.4 is 0 Å². The zero-order valence-corrected chi connectivity index (χ0v) is 16.2. The first-order valence-electron chi connectivity index (χ1n) is 9.13. The molecule has 2 aliphatic heterocycles. The molecule has 0 bridgehead atoms. The molecule has 3 heteroatoms. The van der Waals surface area contributed by atoms with E-state index in [1.54, 1.807) is 0 Å². The number of piperidine rings is 1. The summed E-state index contributed by atoms with van der Waals surface area (Å²) in [4.78, 5) is 2.62. The lowest BCUT2D eigenvalue weighted by molar-refractivity contribution is -0.339. The fourth-order valence-corrected chi connectivity index (χ4v) is 4.53. The molecule has 0 N–H and O–H groups in total. The van der Waals surface area contributed by atoms with Gasteiger partial charge >= 0.3 is 0 Å². The van der Waals surface area contributed by atoms with Gasteiger partial charge in [-0.25, -0.2) is 0 Å². The smallest absolute Gasteiger partial charge is 0.171 e. The topological polar surface area (TPSA) is 21.7 Å². The van der Waals surface area contributed by atoms with Crippen molar-refractivity contribution in [3.8, 4) is 0 Å². The molecule has 0 amide bonds. The van der Waals surface area contributed by atoms with E-state index in [0.29, 0.717) is 0 Å². The van der Waals surface area contributed by atoms with Crippen molar-refractivity contribution in [3.05, 3.63) is 35.9 Å². The van der Waals surface area contributed by atoms with Crippen LogP contribution in [0.15, 0.2) is 30.3 Å². The first-order valence-corrected chi connectivity index (χ1v) is 9.13. The first-order chi connectivity index (χ1) is 11.0. The molecule has 0 aromatic heterocycles. The maximum Gasteiger partial charge on any atom is 0.171 e. The van der Waals surface area contributed by atoms with E-state index >= 15 is 0 Å². The van der Waals surface area contributed by atoms with Crippen LogP contribution in [-0.4, -0.2) is 35.0 Å². The van der Waals surface area contributed by atoms with Gasteiger partial charge in [0.25, 0.3) is 0 Å². The Morgan fingerprint density at radius 2 is 1.33 bits per heavy atom. The second-order valence-corrected chi connectivity index (χ2v) is 9.70. The van der Waals surface area contributed by atoms with E-state index in [4.69, 9.17) is 9.47 Å². The predicted octanol–water partition coefficient (Wildman–Crippen LogP) is 4.61. The zero-order valence-electron chi connectivity index (χ0n) is 16.2. The van der Waals surface area contributed by atoms with Crippen molar-refractivity contribution in [2.45, 2.75) is 77.8 Å². The van der Waals surface area contributed by atoms with Gasteiger partial charge in [-0.15, -0.1) is 0 Å². The summed E-state index contributed by atoms with van der Waals surface area (Å²) in [5.41, 5.74) is 1.50. The first kappa shape index (κ1) is 17.9. The van der Waals surface area contributed by atoms with Crippen LogP contribution in [-0.2, 0) is 16.0 Å². The highest BCUT2D eigenvalue weighted by molar-refractivity contribution is 5.17. The molecule has 2 fully saturated rings. The van der Waals surface area contributed by atoms with Crippen LogP contribution in [0.4, 0.5) is 0 Å². The van der Waals surface area contributed by atoms with Gasteiger partial charge in [0.05, 0.1) is 13.2 Å². The highest BCUT2D eigenvalue weighted by atomic mass is 16.7. The SMILES string of the molecule is CC1(C)COC2(CC(C)(C)N(Cc3ccccc3)C(C)(C)C2)OC1. The van der Waals surface area contributed by atoms with Gasteiger partial charge in [0.15, 0.2) is 5.79 Å². The average Bonchev–Trinajstić information content (AvgIpc) is 2.47. The molecule has 0 unspecified atom stereocenters. The van der Waals surface area contributed by atoms with Crippen molar-refractivity contribution in [2.75, 3.05) is 13.2 Å². The van der Waals surface area contributed by atoms with Crippen molar-refractivity contribution in [2.24, 2.45) is 5.41 Å². The molecule has 0 aliphatic carbocycles. The standard InChI is InChI=1S/C21H33NO2/c1-18(2)15-23-21(24-16-18)13-19(3,4)22(20(5,6)14-21)12-17-10-8-7-9-11-17/h7-11H,12-16H2,1-6H3. The number of hydrogen-bond donors (Lipinski definition) is 0. The number of ether oxygens (including phenoxy) is 2. The van der Waals surface area contributed by atoms with Crippen molar-refractivity contribution >= 4 is 0 Å². The summed E-state index contributed by atoms with van der Waals surface area (Å²) < 4.78 is 12.7. The molecule has 0 radical (unpaired) electrons. The lowest BCUT2D eigenvalue weighted by atomic mass is 9.75. The van der Waals surface area contributed by atoms with E-state index in [9.17, 15) is 0 Å². The summed E-state index contributed by atoms with van der Waals surface area (Å²) in [6.07, 6.45) is 1.82. The maximum atomic E-state index is 6.34. The number of nitrogens with zero attached hydrogens (tertiary/aromatic N) is 1. The predicted molar refractivity (Wildman–Crippen MR) is 97.8 cm³/mol. The van der Waals surface area contributed by atoms with Gasteiger partial charge in [-0.3, -0.25) is 4.90 Å². The maximum absolute atomic E-state index is 6.34. The Morgan fingerprint density at radius 3 is 1.83 bits per heavy atom. The van der Waals surface area contributed by atoms with Crippen LogP contribution in [0.2, 0.25) is 0 Å². The molecule has 0 atom stereocenters. The Balaban J connectivity index is 1.82. The molecule has 1 aromatic rings. The Kier molecular flexibility index (Phi) is 4.35. The van der Waals surface area contributed by atoms with Crippen LogP contribution in [0.25, 0.3) is 0 Å². The van der Waals surface area contributed by atoms with E-state index in [0.717, 1.165) is 32.6 Å². The van der Waals surface area contributed by atoms with Crippen molar-refractivity contribution in [1.29, 1.82) is 0 Å². The summed E-state index contributed by atoms with van der Waals surface area (Å²) in [5.74, 6) is -0.435. The number of hydrogen-bond acceptors (Lipinski definition) is 3. The molecular formula is C21H33NO2. The summed E-state index contributed by atoms with van der Waals surface area (Å²) in [6.45, 7) is 16.2. The molecular weight excluding hydrogens is 298 g/mol. The van der Waals surface area contributed by atoms with Crippen LogP contribution in [0.5, 0.6) is 0 Å². The summed E-state index contributed by atoms with van der Waals surface area (Å²) in [6, 6.07) is 10.8. The van der Waals surface area contributed by atoms with Crippen molar-refractivity contribution in [3.63, 3.8) is 0 Å². The van der Waals surface area contributed by atoms with Crippen LogP contribution in [0, 0.1) is 5.41 Å². The van der Waals surface area contributed by atoms with Gasteiger partial charge in [0.1, 0.15) is 0 Å². The zero-order chi connectivity index (χ0) is 17.6. The van der Waals surface area contributed by atoms with Crippen molar-refractivity contribution in [1.82, 2.24) is 4.90 Å². The lowest BCUT2D eigenvalue weighted by Gasteiger charge is -2.60. The minimum absolute atomic E-state index is 0.0130. The third-order valence-corrected chi connectivity index (χ3v) is 5.50. The van der Waals surface area contributed by atoms with Crippen LogP contribution >= 0.6 is 0 Å². The van der Waals surface area contributed by atoms with Gasteiger partial charge in [-0.05, 0) is 33.3 Å². The third-order valence-electron chi connectivity index (χ3n) is 5.50. The Labute approximate surface area is 147 Å². The fraction of sp³-hybridized carbons (Fsp3) is 0.714. The lowest BCUT2D eigenvalue weighted by Crippen LogP contribution is -2.67. The molecule has 3 rings (SSSR count). The molecule has 2 saturated heterocycles. The van der Waals surface area contributed by atoms with Gasteiger partial charge in [-0.1, -0.05) is 44.2 Å². The molecule has 24 heavy (non-hydrogen) atoms. The second-order valence-electron chi connectivity index (χ2n) is 9.70. The average molecular weight is 332 g/mol. The Bertz CT molecular complexity index is 547. The van der Waals surface area contributed by atoms with Gasteiger partial charge in [0, 0.05) is 35.9 Å². The van der Waals surface area contributed by atoms with Crippen LogP contribution in [0.1, 0.15) is 59.9 Å². The number of likely N-dealkylation sites (tertiary alicyclic amines) is 1. The normalized spacial score (nSPS) is 27.9. The quantitative estimate of drug-likeness (QED) is 0.790. The third kappa shape index (κ3) is 3.54. The molecule has 3 nitrogen and oxygen atoms in total. The Morgan fingerprint density at radius 1 is 0.833 bits per heavy atom. The summed E-state index contributed by atoms with van der Waals surface area (Å²) in [7, 11) is 0. The molecule has 134 valence electrons. The number of benzene rings is 1. The minimum atomic E-state index is -0.435. The van der Waals surface area contributed by atoms with Crippen molar-refractivity contribution < 1.29 is 9.47 Å². The largest absolute Gasteiger partial charge is 0.349 e. The molecule has 1 aromatic carbocycles. The molecule has 2 aliphatic rings. The van der Waals surface area contributed by atoms with E-state index in [2.05, 4.69) is 76.8 Å². The van der Waals surface area contributed by atoms with E-state index in [1.165, 1.54) is 5.56 Å². The van der Waals surface area contributed by atoms with E-state index < -0.39 is 5.79 Å². The summed E-state index contributed by atoms with van der Waals surface area (Å²) in [5, 5.41) is 0. The Hall–Kier alpha value is -0.900. The monoisotopic (exact) mass is 331 g/mol. The molecule has 0 saturated carbocycles.